The Kier molecular flexibility index (Phi) is 4.59. The van der Waals surface area contributed by atoms with Crippen molar-refractivity contribution in [2.45, 2.75) is 39.4 Å². The lowest BCUT2D eigenvalue weighted by Crippen LogP contribution is -2.58. The van der Waals surface area contributed by atoms with E-state index in [0.29, 0.717) is 13.1 Å². The summed E-state index contributed by atoms with van der Waals surface area (Å²) in [6.07, 6.45) is 1.88. The van der Waals surface area contributed by atoms with E-state index in [1.807, 2.05) is 30.8 Å². The van der Waals surface area contributed by atoms with Crippen molar-refractivity contribution in [1.29, 1.82) is 0 Å². The molecule has 0 spiro atoms. The van der Waals surface area contributed by atoms with E-state index in [0.717, 1.165) is 46.6 Å². The fourth-order valence-electron chi connectivity index (χ4n) is 4.59. The smallest absolute Gasteiger partial charge is 0.322 e. The van der Waals surface area contributed by atoms with Gasteiger partial charge in [-0.05, 0) is 57.2 Å². The molecule has 160 valence electrons. The molecule has 4 aromatic rings. The van der Waals surface area contributed by atoms with Crippen molar-refractivity contribution in [3.8, 4) is 22.5 Å². The maximum Gasteiger partial charge on any atom is 0.329 e. The highest BCUT2D eigenvalue weighted by molar-refractivity contribution is 5.86. The molecule has 0 amide bonds. The number of hydrogen-bond donors (Lipinski definition) is 1. The van der Waals surface area contributed by atoms with Gasteiger partial charge in [0.15, 0.2) is 0 Å². The molecular formula is C24H26FN5O. The number of halogens is 1. The van der Waals surface area contributed by atoms with Gasteiger partial charge in [-0.1, -0.05) is 6.07 Å². The van der Waals surface area contributed by atoms with Crippen LogP contribution in [0.25, 0.3) is 33.5 Å². The molecule has 7 heteroatoms. The van der Waals surface area contributed by atoms with Crippen LogP contribution in [-0.2, 0) is 18.6 Å². The lowest BCUT2D eigenvalue weighted by Gasteiger charge is -2.41. The van der Waals surface area contributed by atoms with Crippen LogP contribution < -0.4 is 11.0 Å². The van der Waals surface area contributed by atoms with Gasteiger partial charge in [-0.25, -0.2) is 14.2 Å². The van der Waals surface area contributed by atoms with Gasteiger partial charge in [-0.2, -0.15) is 0 Å². The number of nitrogens with one attached hydrogen (secondary N) is 1. The van der Waals surface area contributed by atoms with Gasteiger partial charge < -0.3 is 9.88 Å². The topological polar surface area (TPSA) is 56.8 Å². The minimum absolute atomic E-state index is 0.0135. The fraction of sp³-hybridized carbons (Fsp3) is 0.333. The summed E-state index contributed by atoms with van der Waals surface area (Å²) in [5.74, 6) is -0.269. The normalized spacial score (nSPS) is 15.4. The van der Waals surface area contributed by atoms with Crippen molar-refractivity contribution >= 4 is 11.0 Å². The number of hydrogen-bond acceptors (Lipinski definition) is 3. The van der Waals surface area contributed by atoms with Crippen LogP contribution >= 0.6 is 0 Å². The van der Waals surface area contributed by atoms with Crippen molar-refractivity contribution in [3.05, 3.63) is 65.1 Å². The summed E-state index contributed by atoms with van der Waals surface area (Å²) >= 11 is 0. The van der Waals surface area contributed by atoms with Crippen LogP contribution in [0.2, 0.25) is 0 Å². The summed E-state index contributed by atoms with van der Waals surface area (Å²) in [5, 5.41) is 3.35. The zero-order valence-corrected chi connectivity index (χ0v) is 18.0. The van der Waals surface area contributed by atoms with Gasteiger partial charge in [0.05, 0.1) is 34.3 Å². The Balaban J connectivity index is 1.77. The number of nitrogens with zero attached hydrogens (tertiary/aromatic N) is 4. The van der Waals surface area contributed by atoms with Crippen molar-refractivity contribution < 1.29 is 4.39 Å². The summed E-state index contributed by atoms with van der Waals surface area (Å²) in [6, 6.07) is 12.6. The summed E-state index contributed by atoms with van der Waals surface area (Å²) in [7, 11) is 0. The second-order valence-corrected chi connectivity index (χ2v) is 8.39. The minimum Gasteiger partial charge on any atom is -0.322 e. The van der Waals surface area contributed by atoms with E-state index in [1.165, 1.54) is 12.1 Å². The average molecular weight is 420 g/mol. The van der Waals surface area contributed by atoms with Gasteiger partial charge in [0.2, 0.25) is 0 Å². The largest absolute Gasteiger partial charge is 0.329 e. The quantitative estimate of drug-likeness (QED) is 0.535. The van der Waals surface area contributed by atoms with E-state index in [4.69, 9.17) is 4.98 Å². The molecule has 2 aromatic heterocycles. The van der Waals surface area contributed by atoms with E-state index < -0.39 is 0 Å². The Morgan fingerprint density at radius 1 is 1.00 bits per heavy atom. The molecule has 2 aromatic carbocycles. The Hall–Kier alpha value is -3.19. The number of rotatable bonds is 5. The zero-order valence-electron chi connectivity index (χ0n) is 18.0. The van der Waals surface area contributed by atoms with Gasteiger partial charge in [0, 0.05) is 37.3 Å². The maximum absolute atomic E-state index is 13.5. The molecule has 0 radical (unpaired) electrons. The second kappa shape index (κ2) is 7.20. The predicted octanol–water partition coefficient (Wildman–Crippen LogP) is 3.83. The fourth-order valence-corrected chi connectivity index (χ4v) is 4.59. The highest BCUT2D eigenvalue weighted by atomic mass is 19.1. The lowest BCUT2D eigenvalue weighted by molar-refractivity contribution is 0.203. The Bertz CT molecular complexity index is 1320. The molecule has 3 heterocycles. The van der Waals surface area contributed by atoms with Gasteiger partial charge in [0.1, 0.15) is 5.82 Å². The standard InChI is InChI=1S/C24H26FN5O/c1-4-28-19-11-8-17(12-20(19)29(5-2)23(28)31)22-21(16-6-9-18(25)10-7-16)27-15-30(22)24(3)13-26-14-24/h6-12,15,26H,4-5,13-14H2,1-3H3. The number of imidazole rings is 2. The summed E-state index contributed by atoms with van der Waals surface area (Å²) in [5.41, 5.74) is 5.43. The van der Waals surface area contributed by atoms with Gasteiger partial charge in [-0.3, -0.25) is 9.13 Å². The summed E-state index contributed by atoms with van der Waals surface area (Å²) < 4.78 is 19.4. The van der Waals surface area contributed by atoms with E-state index in [1.54, 1.807) is 16.7 Å². The molecule has 0 unspecified atom stereocenters. The van der Waals surface area contributed by atoms with Crippen LogP contribution in [-0.4, -0.2) is 31.8 Å². The van der Waals surface area contributed by atoms with Crippen molar-refractivity contribution in [2.75, 3.05) is 13.1 Å². The molecule has 0 aliphatic carbocycles. The zero-order chi connectivity index (χ0) is 21.8. The monoisotopic (exact) mass is 419 g/mol. The SMILES string of the molecule is CCn1c(=O)n(CC)c2cc(-c3c(-c4ccc(F)cc4)ncn3C3(C)CNC3)ccc21. The first-order chi connectivity index (χ1) is 15.0. The first-order valence-corrected chi connectivity index (χ1v) is 10.7. The van der Waals surface area contributed by atoms with E-state index in [-0.39, 0.29) is 17.0 Å². The van der Waals surface area contributed by atoms with Gasteiger partial charge in [-0.15, -0.1) is 0 Å². The Morgan fingerprint density at radius 2 is 1.65 bits per heavy atom. The molecule has 1 fully saturated rings. The van der Waals surface area contributed by atoms with Crippen LogP contribution in [0.15, 0.2) is 53.6 Å². The third-order valence-corrected chi connectivity index (χ3v) is 6.40. The lowest BCUT2D eigenvalue weighted by atomic mass is 9.93. The summed E-state index contributed by atoms with van der Waals surface area (Å²) in [4.78, 5) is 17.6. The molecule has 1 N–H and O–H groups in total. The highest BCUT2D eigenvalue weighted by Gasteiger charge is 2.36. The number of aromatic nitrogens is 4. The molecule has 0 saturated carbocycles. The van der Waals surface area contributed by atoms with Crippen LogP contribution in [0.4, 0.5) is 4.39 Å². The van der Waals surface area contributed by atoms with Crippen LogP contribution in [0.1, 0.15) is 20.8 Å². The molecule has 1 aliphatic rings. The molecule has 1 saturated heterocycles. The first-order valence-electron chi connectivity index (χ1n) is 10.7. The van der Waals surface area contributed by atoms with E-state index >= 15 is 0 Å². The van der Waals surface area contributed by atoms with E-state index in [9.17, 15) is 9.18 Å². The minimum atomic E-state index is -0.269. The Morgan fingerprint density at radius 3 is 2.26 bits per heavy atom. The first kappa shape index (κ1) is 19.8. The maximum atomic E-state index is 13.5. The van der Waals surface area contributed by atoms with Crippen molar-refractivity contribution in [2.24, 2.45) is 0 Å². The molecule has 6 nitrogen and oxygen atoms in total. The van der Waals surface area contributed by atoms with Crippen molar-refractivity contribution in [3.63, 3.8) is 0 Å². The number of aryl methyl sites for hydroxylation is 2. The number of benzene rings is 2. The van der Waals surface area contributed by atoms with Crippen molar-refractivity contribution in [1.82, 2.24) is 24.0 Å². The Labute approximate surface area is 180 Å². The number of fused-ring (bicyclic) bond motifs is 1. The highest BCUT2D eigenvalue weighted by Crippen LogP contribution is 2.37. The molecule has 31 heavy (non-hydrogen) atoms. The average Bonchev–Trinajstić information content (AvgIpc) is 3.30. The molecular weight excluding hydrogens is 393 g/mol. The molecule has 5 rings (SSSR count). The van der Waals surface area contributed by atoms with Gasteiger partial charge >= 0.3 is 5.69 Å². The summed E-state index contributed by atoms with van der Waals surface area (Å²) in [6.45, 7) is 9.13. The third kappa shape index (κ3) is 2.95. The van der Waals surface area contributed by atoms with Crippen LogP contribution in [0.3, 0.4) is 0 Å². The van der Waals surface area contributed by atoms with E-state index in [2.05, 4.69) is 28.9 Å². The van der Waals surface area contributed by atoms with Crippen LogP contribution in [0, 0.1) is 5.82 Å². The third-order valence-electron chi connectivity index (χ3n) is 6.40. The molecule has 1 aliphatic heterocycles. The second-order valence-electron chi connectivity index (χ2n) is 8.39. The molecule has 0 bridgehead atoms. The molecule has 0 atom stereocenters. The van der Waals surface area contributed by atoms with Crippen LogP contribution in [0.5, 0.6) is 0 Å². The predicted molar refractivity (Wildman–Crippen MR) is 121 cm³/mol. The van der Waals surface area contributed by atoms with Gasteiger partial charge in [0.25, 0.3) is 0 Å².